The molecule has 3 rings (SSSR count). The molecule has 0 radical (unpaired) electrons. The maximum absolute atomic E-state index is 11.1. The van der Waals surface area contributed by atoms with Gasteiger partial charge in [0.15, 0.2) is 0 Å². The number of nitrogens with zero attached hydrogens (tertiary/aromatic N) is 4. The van der Waals surface area contributed by atoms with Crippen molar-refractivity contribution < 1.29 is 14.1 Å². The molecule has 0 atom stereocenters. The summed E-state index contributed by atoms with van der Waals surface area (Å²) in [6.45, 7) is 1.57. The Bertz CT molecular complexity index is 675. The van der Waals surface area contributed by atoms with Crippen molar-refractivity contribution in [2.24, 2.45) is 0 Å². The third-order valence-electron chi connectivity index (χ3n) is 2.48. The molecule has 0 fully saturated rings. The Morgan fingerprint density at radius 2 is 1.94 bits per heavy atom. The summed E-state index contributed by atoms with van der Waals surface area (Å²) < 4.78 is 9.57. The minimum atomic E-state index is 0.227. The van der Waals surface area contributed by atoms with Gasteiger partial charge in [-0.2, -0.15) is 4.98 Å². The number of hydrogen-bond donors (Lipinski definition) is 0. The van der Waals surface area contributed by atoms with E-state index in [1.807, 2.05) is 30.3 Å². The van der Waals surface area contributed by atoms with Crippen LogP contribution in [0, 0.1) is 12.1 Å². The fraction of sp³-hybridized carbons (Fsp3) is 0.0909. The molecule has 2 heterocycles. The molecule has 0 aliphatic heterocycles. The first-order valence-corrected chi connectivity index (χ1v) is 5.21. The smallest absolute Gasteiger partial charge is 0.291 e. The number of benzene rings is 1. The van der Waals surface area contributed by atoms with Crippen molar-refractivity contribution in [3.05, 3.63) is 41.2 Å². The van der Waals surface area contributed by atoms with Gasteiger partial charge in [-0.15, -0.1) is 0 Å². The highest BCUT2D eigenvalue weighted by Gasteiger charge is 2.22. The minimum Gasteiger partial charge on any atom is -0.359 e. The second-order valence-corrected chi connectivity index (χ2v) is 3.65. The molecule has 2 aromatic heterocycles. The Labute approximate surface area is 101 Å². The molecule has 7 heteroatoms. The van der Waals surface area contributed by atoms with Crippen molar-refractivity contribution in [3.63, 3.8) is 0 Å². The highest BCUT2D eigenvalue weighted by atomic mass is 16.8. The monoisotopic (exact) mass is 244 g/mol. The van der Waals surface area contributed by atoms with Gasteiger partial charge in [-0.3, -0.25) is 4.63 Å². The third kappa shape index (κ3) is 1.61. The van der Waals surface area contributed by atoms with Gasteiger partial charge < -0.3 is 9.73 Å². The summed E-state index contributed by atoms with van der Waals surface area (Å²) in [6.07, 6.45) is 0. The van der Waals surface area contributed by atoms with Crippen LogP contribution in [-0.2, 0) is 0 Å². The van der Waals surface area contributed by atoms with E-state index in [2.05, 4.69) is 19.9 Å². The average Bonchev–Trinajstić information content (AvgIpc) is 3.00. The van der Waals surface area contributed by atoms with Crippen LogP contribution >= 0.6 is 0 Å². The van der Waals surface area contributed by atoms with Gasteiger partial charge in [0.05, 0.1) is 5.16 Å². The van der Waals surface area contributed by atoms with E-state index < -0.39 is 0 Å². The van der Waals surface area contributed by atoms with Gasteiger partial charge in [-0.1, -0.05) is 23.4 Å². The average molecular weight is 244 g/mol. The summed E-state index contributed by atoms with van der Waals surface area (Å²) in [5.41, 5.74) is 1.36. The Balaban J connectivity index is 2.02. The second kappa shape index (κ2) is 3.95. The molecule has 0 saturated heterocycles. The van der Waals surface area contributed by atoms with Gasteiger partial charge in [0.2, 0.25) is 5.69 Å². The first-order valence-electron chi connectivity index (χ1n) is 5.21. The first kappa shape index (κ1) is 10.5. The van der Waals surface area contributed by atoms with Crippen LogP contribution in [0.15, 0.2) is 39.5 Å². The van der Waals surface area contributed by atoms with Gasteiger partial charge in [-0.25, -0.2) is 0 Å². The van der Waals surface area contributed by atoms with Crippen LogP contribution in [0.5, 0.6) is 0 Å². The lowest BCUT2D eigenvalue weighted by Crippen LogP contribution is -2.25. The van der Waals surface area contributed by atoms with Crippen molar-refractivity contribution in [2.45, 2.75) is 6.92 Å². The SMILES string of the molecule is Cc1c(-c2noc(-c3ccccc3)n2)no[n+]1[O-]. The molecule has 90 valence electrons. The van der Waals surface area contributed by atoms with Crippen molar-refractivity contribution in [1.29, 1.82) is 0 Å². The molecular weight excluding hydrogens is 236 g/mol. The standard InChI is InChI=1S/C11H8N4O3/c1-7-9(13-18-15(7)16)10-12-11(17-14-10)8-5-3-2-4-6-8/h2-6H,1H3. The fourth-order valence-electron chi connectivity index (χ4n) is 1.51. The lowest BCUT2D eigenvalue weighted by atomic mass is 10.2. The molecule has 0 spiro atoms. The molecule has 0 unspecified atom stereocenters. The lowest BCUT2D eigenvalue weighted by molar-refractivity contribution is -0.806. The van der Waals surface area contributed by atoms with Crippen LogP contribution in [0.25, 0.3) is 23.0 Å². The van der Waals surface area contributed by atoms with Gasteiger partial charge in [0.25, 0.3) is 17.4 Å². The van der Waals surface area contributed by atoms with E-state index in [9.17, 15) is 5.21 Å². The molecule has 18 heavy (non-hydrogen) atoms. The molecule has 0 aliphatic carbocycles. The van der Waals surface area contributed by atoms with Crippen molar-refractivity contribution in [1.82, 2.24) is 15.3 Å². The zero-order valence-corrected chi connectivity index (χ0v) is 9.40. The summed E-state index contributed by atoms with van der Waals surface area (Å²) in [5, 5.41) is 18.5. The van der Waals surface area contributed by atoms with Gasteiger partial charge in [-0.05, 0) is 17.0 Å². The van der Waals surface area contributed by atoms with Crippen LogP contribution in [0.1, 0.15) is 5.69 Å². The van der Waals surface area contributed by atoms with Crippen LogP contribution in [0.3, 0.4) is 0 Å². The molecule has 1 aromatic carbocycles. The number of aromatic nitrogens is 4. The fourth-order valence-corrected chi connectivity index (χ4v) is 1.51. The molecule has 0 saturated carbocycles. The van der Waals surface area contributed by atoms with Crippen molar-refractivity contribution >= 4 is 0 Å². The van der Waals surface area contributed by atoms with E-state index in [1.165, 1.54) is 0 Å². The minimum absolute atomic E-state index is 0.227. The van der Waals surface area contributed by atoms with E-state index in [-0.39, 0.29) is 17.2 Å². The molecular formula is C11H8N4O3. The summed E-state index contributed by atoms with van der Waals surface area (Å²) in [6, 6.07) is 9.32. The lowest BCUT2D eigenvalue weighted by Gasteiger charge is -1.89. The summed E-state index contributed by atoms with van der Waals surface area (Å²) in [5.74, 6) is 0.593. The first-order chi connectivity index (χ1) is 8.75. The molecule has 0 bridgehead atoms. The van der Waals surface area contributed by atoms with Crippen LogP contribution < -0.4 is 4.90 Å². The zero-order chi connectivity index (χ0) is 12.5. The topological polar surface area (TPSA) is 91.9 Å². The second-order valence-electron chi connectivity index (χ2n) is 3.65. The number of hydrogen-bond acceptors (Lipinski definition) is 6. The Kier molecular flexibility index (Phi) is 2.30. The largest absolute Gasteiger partial charge is 0.359 e. The van der Waals surface area contributed by atoms with Gasteiger partial charge in [0, 0.05) is 12.5 Å². The quantitative estimate of drug-likeness (QED) is 0.631. The van der Waals surface area contributed by atoms with E-state index >= 15 is 0 Å². The predicted molar refractivity (Wildman–Crippen MR) is 58.9 cm³/mol. The van der Waals surface area contributed by atoms with E-state index in [1.54, 1.807) is 6.92 Å². The van der Waals surface area contributed by atoms with E-state index in [0.717, 1.165) is 5.56 Å². The van der Waals surface area contributed by atoms with Crippen LogP contribution in [0.4, 0.5) is 0 Å². The highest BCUT2D eigenvalue weighted by molar-refractivity contribution is 5.57. The Morgan fingerprint density at radius 3 is 2.61 bits per heavy atom. The summed E-state index contributed by atoms with van der Waals surface area (Å²) in [7, 11) is 0. The summed E-state index contributed by atoms with van der Waals surface area (Å²) in [4.78, 5) is 4.47. The van der Waals surface area contributed by atoms with Gasteiger partial charge in [0.1, 0.15) is 0 Å². The molecule has 0 amide bonds. The van der Waals surface area contributed by atoms with Crippen LogP contribution in [-0.4, -0.2) is 15.3 Å². The maximum atomic E-state index is 11.1. The Morgan fingerprint density at radius 1 is 1.17 bits per heavy atom. The van der Waals surface area contributed by atoms with Crippen molar-refractivity contribution in [3.8, 4) is 23.0 Å². The van der Waals surface area contributed by atoms with E-state index in [0.29, 0.717) is 10.8 Å². The van der Waals surface area contributed by atoms with Crippen LogP contribution in [0.2, 0.25) is 0 Å². The van der Waals surface area contributed by atoms with Crippen molar-refractivity contribution in [2.75, 3.05) is 0 Å². The normalized spacial score (nSPS) is 10.7. The third-order valence-corrected chi connectivity index (χ3v) is 2.48. The Hall–Kier alpha value is -2.70. The molecule has 0 N–H and O–H groups in total. The van der Waals surface area contributed by atoms with Gasteiger partial charge >= 0.3 is 0 Å². The molecule has 0 aliphatic rings. The zero-order valence-electron chi connectivity index (χ0n) is 9.40. The maximum Gasteiger partial charge on any atom is 0.291 e. The van der Waals surface area contributed by atoms with E-state index in [4.69, 9.17) is 4.52 Å². The molecule has 3 aromatic rings. The number of rotatable bonds is 2. The summed E-state index contributed by atoms with van der Waals surface area (Å²) >= 11 is 0. The predicted octanol–water partition coefficient (Wildman–Crippen LogP) is 1.33. The highest BCUT2D eigenvalue weighted by Crippen LogP contribution is 2.21. The molecule has 7 nitrogen and oxygen atoms in total.